The Bertz CT molecular complexity index is 639. The highest BCUT2D eigenvalue weighted by molar-refractivity contribution is 5.41. The van der Waals surface area contributed by atoms with Crippen LogP contribution in [0.2, 0.25) is 0 Å². The van der Waals surface area contributed by atoms with Crippen molar-refractivity contribution >= 4 is 0 Å². The molecule has 0 aromatic heterocycles. The number of methoxy groups -OCH3 is 1. The lowest BCUT2D eigenvalue weighted by atomic mass is 10.1. The molecule has 0 radical (unpaired) electrons. The van der Waals surface area contributed by atoms with E-state index in [2.05, 4.69) is 29.2 Å². The van der Waals surface area contributed by atoms with Gasteiger partial charge >= 0.3 is 0 Å². The van der Waals surface area contributed by atoms with Gasteiger partial charge in [-0.25, -0.2) is 0 Å². The fourth-order valence-electron chi connectivity index (χ4n) is 3.19. The van der Waals surface area contributed by atoms with Crippen molar-refractivity contribution in [2.24, 2.45) is 0 Å². The van der Waals surface area contributed by atoms with Gasteiger partial charge in [-0.3, -0.25) is 4.90 Å². The number of nitrogens with zero attached hydrogens (tertiary/aromatic N) is 1. The van der Waals surface area contributed by atoms with Crippen LogP contribution in [0.25, 0.3) is 0 Å². The molecule has 0 spiro atoms. The van der Waals surface area contributed by atoms with Gasteiger partial charge in [0.1, 0.15) is 0 Å². The predicted octanol–water partition coefficient (Wildman–Crippen LogP) is 3.23. The largest absolute Gasteiger partial charge is 0.504 e. The van der Waals surface area contributed by atoms with Crippen LogP contribution in [0.1, 0.15) is 17.5 Å². The molecule has 2 aromatic rings. The second-order valence-corrected chi connectivity index (χ2v) is 6.23. The summed E-state index contributed by atoms with van der Waals surface area (Å²) in [6, 6.07) is 16.6. The molecule has 3 rings (SSSR count). The summed E-state index contributed by atoms with van der Waals surface area (Å²) >= 11 is 0. The molecule has 128 valence electrons. The van der Waals surface area contributed by atoms with Gasteiger partial charge in [0.15, 0.2) is 11.5 Å². The highest BCUT2D eigenvalue weighted by Gasteiger charge is 2.23. The third-order valence-electron chi connectivity index (χ3n) is 4.58. The summed E-state index contributed by atoms with van der Waals surface area (Å²) in [7, 11) is 1.57. The van der Waals surface area contributed by atoms with Crippen LogP contribution in [0.3, 0.4) is 0 Å². The summed E-state index contributed by atoms with van der Waals surface area (Å²) in [5.41, 5.74) is 2.44. The van der Waals surface area contributed by atoms with Crippen molar-refractivity contribution in [3.8, 4) is 11.5 Å². The van der Waals surface area contributed by atoms with Gasteiger partial charge in [-0.05, 0) is 36.1 Å². The van der Waals surface area contributed by atoms with E-state index in [1.165, 1.54) is 5.56 Å². The topological polar surface area (TPSA) is 41.9 Å². The minimum atomic E-state index is 0.195. The van der Waals surface area contributed by atoms with Gasteiger partial charge in [0.05, 0.1) is 13.7 Å². The zero-order valence-electron chi connectivity index (χ0n) is 14.1. The van der Waals surface area contributed by atoms with Crippen molar-refractivity contribution in [1.82, 2.24) is 4.90 Å². The van der Waals surface area contributed by atoms with E-state index in [-0.39, 0.29) is 5.75 Å². The number of aromatic hydroxyl groups is 1. The summed E-state index contributed by atoms with van der Waals surface area (Å²) in [6.07, 6.45) is 2.08. The van der Waals surface area contributed by atoms with E-state index in [0.29, 0.717) is 11.8 Å². The number of phenolic OH excluding ortho intramolecular Hbond substituents is 1. The maximum atomic E-state index is 10.0. The van der Waals surface area contributed by atoms with E-state index in [1.807, 2.05) is 18.2 Å². The van der Waals surface area contributed by atoms with Crippen LogP contribution >= 0.6 is 0 Å². The van der Waals surface area contributed by atoms with Crippen LogP contribution in [0.15, 0.2) is 48.5 Å². The molecule has 0 bridgehead atoms. The number of ether oxygens (including phenoxy) is 2. The Balaban J connectivity index is 1.69. The minimum Gasteiger partial charge on any atom is -0.504 e. The van der Waals surface area contributed by atoms with Crippen molar-refractivity contribution in [2.45, 2.75) is 25.4 Å². The number of rotatable bonds is 7. The van der Waals surface area contributed by atoms with Gasteiger partial charge in [0.2, 0.25) is 0 Å². The molecule has 1 saturated heterocycles. The molecule has 0 aliphatic carbocycles. The van der Waals surface area contributed by atoms with Gasteiger partial charge in [-0.2, -0.15) is 0 Å². The Labute approximate surface area is 143 Å². The molecular weight excluding hydrogens is 302 g/mol. The second-order valence-electron chi connectivity index (χ2n) is 6.23. The fraction of sp³-hybridized carbons (Fsp3) is 0.400. The van der Waals surface area contributed by atoms with Crippen LogP contribution in [0.5, 0.6) is 11.5 Å². The summed E-state index contributed by atoms with van der Waals surface area (Å²) in [5, 5.41) is 10.0. The normalized spacial score (nSPS) is 17.3. The maximum Gasteiger partial charge on any atom is 0.160 e. The number of hydrogen-bond acceptors (Lipinski definition) is 4. The summed E-state index contributed by atoms with van der Waals surface area (Å²) < 4.78 is 10.7. The molecule has 4 heteroatoms. The van der Waals surface area contributed by atoms with Gasteiger partial charge in [0.25, 0.3) is 0 Å². The van der Waals surface area contributed by atoms with Crippen LogP contribution in [0, 0.1) is 0 Å². The fourth-order valence-corrected chi connectivity index (χ4v) is 3.19. The standard InChI is InChI=1S/C20H25NO3/c1-23-20-8-7-17(13-19(20)22)14-21(18-10-12-24-15-18)11-9-16-5-3-2-4-6-16/h2-8,13,18,22H,9-12,14-15H2,1H3. The molecule has 1 heterocycles. The lowest BCUT2D eigenvalue weighted by Crippen LogP contribution is -2.36. The van der Waals surface area contributed by atoms with Crippen molar-refractivity contribution in [1.29, 1.82) is 0 Å². The van der Waals surface area contributed by atoms with Gasteiger partial charge < -0.3 is 14.6 Å². The van der Waals surface area contributed by atoms with Crippen LogP contribution in [-0.2, 0) is 17.7 Å². The number of hydrogen-bond donors (Lipinski definition) is 1. The zero-order chi connectivity index (χ0) is 16.8. The first-order valence-corrected chi connectivity index (χ1v) is 8.48. The van der Waals surface area contributed by atoms with Crippen molar-refractivity contribution in [3.05, 3.63) is 59.7 Å². The molecular formula is C20H25NO3. The molecule has 1 fully saturated rings. The average Bonchev–Trinajstić information content (AvgIpc) is 3.14. The molecule has 2 aromatic carbocycles. The molecule has 1 unspecified atom stereocenters. The number of phenols is 1. The van der Waals surface area contributed by atoms with Gasteiger partial charge in [-0.1, -0.05) is 36.4 Å². The molecule has 1 N–H and O–H groups in total. The molecule has 24 heavy (non-hydrogen) atoms. The second kappa shape index (κ2) is 8.18. The zero-order valence-corrected chi connectivity index (χ0v) is 14.1. The highest BCUT2D eigenvalue weighted by Crippen LogP contribution is 2.27. The van der Waals surface area contributed by atoms with E-state index in [9.17, 15) is 5.11 Å². The Morgan fingerprint density at radius 1 is 1.17 bits per heavy atom. The molecule has 1 aliphatic rings. The third kappa shape index (κ3) is 4.28. The Morgan fingerprint density at radius 3 is 2.67 bits per heavy atom. The first-order chi connectivity index (χ1) is 11.8. The van der Waals surface area contributed by atoms with Crippen molar-refractivity contribution < 1.29 is 14.6 Å². The van der Waals surface area contributed by atoms with E-state index in [4.69, 9.17) is 9.47 Å². The van der Waals surface area contributed by atoms with E-state index in [1.54, 1.807) is 13.2 Å². The van der Waals surface area contributed by atoms with Crippen molar-refractivity contribution in [2.75, 3.05) is 26.9 Å². The first kappa shape index (κ1) is 16.8. The molecule has 0 saturated carbocycles. The van der Waals surface area contributed by atoms with Crippen molar-refractivity contribution in [3.63, 3.8) is 0 Å². The van der Waals surface area contributed by atoms with E-state index >= 15 is 0 Å². The Hall–Kier alpha value is -2.04. The summed E-state index contributed by atoms with van der Waals surface area (Å²) in [6.45, 7) is 3.40. The first-order valence-electron chi connectivity index (χ1n) is 8.48. The smallest absolute Gasteiger partial charge is 0.160 e. The summed E-state index contributed by atoms with van der Waals surface area (Å²) in [5.74, 6) is 0.708. The van der Waals surface area contributed by atoms with E-state index < -0.39 is 0 Å². The van der Waals surface area contributed by atoms with Crippen LogP contribution in [0.4, 0.5) is 0 Å². The highest BCUT2D eigenvalue weighted by atomic mass is 16.5. The molecule has 1 atom stereocenters. The molecule has 4 nitrogen and oxygen atoms in total. The Kier molecular flexibility index (Phi) is 5.72. The quantitative estimate of drug-likeness (QED) is 0.848. The molecule has 0 amide bonds. The van der Waals surface area contributed by atoms with Crippen LogP contribution < -0.4 is 4.74 Å². The maximum absolute atomic E-state index is 10.0. The Morgan fingerprint density at radius 2 is 2.00 bits per heavy atom. The van der Waals surface area contributed by atoms with Crippen LogP contribution in [-0.4, -0.2) is 42.9 Å². The van der Waals surface area contributed by atoms with E-state index in [0.717, 1.165) is 44.7 Å². The monoisotopic (exact) mass is 327 g/mol. The predicted molar refractivity (Wildman–Crippen MR) is 94.4 cm³/mol. The SMILES string of the molecule is COc1ccc(CN(CCc2ccccc2)C2CCOC2)cc1O. The molecule has 1 aliphatic heterocycles. The lowest BCUT2D eigenvalue weighted by Gasteiger charge is -2.28. The summed E-state index contributed by atoms with van der Waals surface area (Å²) in [4.78, 5) is 2.46. The minimum absolute atomic E-state index is 0.195. The third-order valence-corrected chi connectivity index (χ3v) is 4.58. The van der Waals surface area contributed by atoms with Gasteiger partial charge in [0, 0.05) is 25.7 Å². The average molecular weight is 327 g/mol. The number of benzene rings is 2. The van der Waals surface area contributed by atoms with Gasteiger partial charge in [-0.15, -0.1) is 0 Å². The lowest BCUT2D eigenvalue weighted by molar-refractivity contribution is 0.139.